The Kier molecular flexibility index (Phi) is 2.91. The van der Waals surface area contributed by atoms with Crippen molar-refractivity contribution in [2.75, 3.05) is 5.73 Å². The zero-order chi connectivity index (χ0) is 12.4. The number of rotatable bonds is 2. The molecule has 17 heavy (non-hydrogen) atoms. The first-order chi connectivity index (χ1) is 8.06. The van der Waals surface area contributed by atoms with Gasteiger partial charge >= 0.3 is 0 Å². The first-order valence-electron chi connectivity index (χ1n) is 4.74. The number of hydrogen-bond acceptors (Lipinski definition) is 2. The summed E-state index contributed by atoms with van der Waals surface area (Å²) in [6.07, 6.45) is 0. The molecule has 0 amide bonds. The summed E-state index contributed by atoms with van der Waals surface area (Å²) < 4.78 is 43.6. The van der Waals surface area contributed by atoms with Gasteiger partial charge in [-0.2, -0.15) is 0 Å². The molecule has 2 N–H and O–H groups in total. The topological polar surface area (TPSA) is 35.2 Å². The van der Waals surface area contributed by atoms with Crippen LogP contribution >= 0.6 is 0 Å². The van der Waals surface area contributed by atoms with E-state index < -0.39 is 17.5 Å². The molecule has 0 aliphatic carbocycles. The van der Waals surface area contributed by atoms with Gasteiger partial charge in [-0.25, -0.2) is 13.2 Å². The minimum atomic E-state index is -1.04. The van der Waals surface area contributed by atoms with Gasteiger partial charge in [0, 0.05) is 12.1 Å². The molecular formula is C12H8F3NO. The Hall–Kier alpha value is -2.17. The Morgan fingerprint density at radius 3 is 2.35 bits per heavy atom. The zero-order valence-electron chi connectivity index (χ0n) is 8.58. The molecule has 0 aromatic heterocycles. The lowest BCUT2D eigenvalue weighted by Gasteiger charge is -2.08. The van der Waals surface area contributed by atoms with Crippen LogP contribution in [0.1, 0.15) is 0 Å². The monoisotopic (exact) mass is 239 g/mol. The summed E-state index contributed by atoms with van der Waals surface area (Å²) in [6, 6.07) is 6.57. The van der Waals surface area contributed by atoms with Crippen molar-refractivity contribution in [3.63, 3.8) is 0 Å². The van der Waals surface area contributed by atoms with E-state index in [-0.39, 0.29) is 17.2 Å². The zero-order valence-corrected chi connectivity index (χ0v) is 8.58. The maximum atomic E-state index is 12.9. The fourth-order valence-electron chi connectivity index (χ4n) is 1.26. The molecule has 2 nitrogen and oxygen atoms in total. The quantitative estimate of drug-likeness (QED) is 0.814. The molecule has 0 aliphatic heterocycles. The molecule has 0 fully saturated rings. The van der Waals surface area contributed by atoms with Gasteiger partial charge in [0.15, 0.2) is 17.4 Å². The summed E-state index contributed by atoms with van der Waals surface area (Å²) >= 11 is 0. The van der Waals surface area contributed by atoms with E-state index in [2.05, 4.69) is 0 Å². The smallest absolute Gasteiger partial charge is 0.162 e. The van der Waals surface area contributed by atoms with Crippen LogP contribution in [0.4, 0.5) is 18.9 Å². The molecule has 0 bridgehead atoms. The second-order valence-corrected chi connectivity index (χ2v) is 3.36. The lowest BCUT2D eigenvalue weighted by Crippen LogP contribution is -1.94. The summed E-state index contributed by atoms with van der Waals surface area (Å²) in [7, 11) is 0. The minimum absolute atomic E-state index is 0.0428. The van der Waals surface area contributed by atoms with Gasteiger partial charge in [-0.1, -0.05) is 0 Å². The molecule has 0 saturated heterocycles. The average molecular weight is 239 g/mol. The average Bonchev–Trinajstić information content (AvgIpc) is 2.29. The molecule has 0 atom stereocenters. The van der Waals surface area contributed by atoms with E-state index in [4.69, 9.17) is 10.5 Å². The predicted molar refractivity (Wildman–Crippen MR) is 57.2 cm³/mol. The fraction of sp³-hybridized carbons (Fsp3) is 0. The van der Waals surface area contributed by atoms with Gasteiger partial charge in [0.05, 0.1) is 5.69 Å². The Balaban J connectivity index is 2.31. The number of ether oxygens (including phenoxy) is 1. The number of hydrogen-bond donors (Lipinski definition) is 1. The Morgan fingerprint density at radius 1 is 0.882 bits per heavy atom. The molecule has 88 valence electrons. The molecule has 0 aliphatic rings. The number of nitrogen functional groups attached to an aromatic ring is 1. The first kappa shape index (κ1) is 11.3. The SMILES string of the molecule is Nc1ccc(F)cc1Oc1ccc(F)c(F)c1. The van der Waals surface area contributed by atoms with Gasteiger partial charge in [0.25, 0.3) is 0 Å². The number of benzene rings is 2. The standard InChI is InChI=1S/C12H8F3NO/c13-7-1-4-11(16)12(5-7)17-8-2-3-9(14)10(15)6-8/h1-6H,16H2. The summed E-state index contributed by atoms with van der Waals surface area (Å²) in [6.45, 7) is 0. The van der Waals surface area contributed by atoms with Crippen molar-refractivity contribution in [1.82, 2.24) is 0 Å². The van der Waals surface area contributed by atoms with Crippen molar-refractivity contribution < 1.29 is 17.9 Å². The van der Waals surface area contributed by atoms with E-state index >= 15 is 0 Å². The fourth-order valence-corrected chi connectivity index (χ4v) is 1.26. The first-order valence-corrected chi connectivity index (χ1v) is 4.74. The van der Waals surface area contributed by atoms with Crippen LogP contribution in [0, 0.1) is 17.5 Å². The Morgan fingerprint density at radius 2 is 1.65 bits per heavy atom. The molecule has 0 heterocycles. The van der Waals surface area contributed by atoms with Crippen LogP contribution in [0.5, 0.6) is 11.5 Å². The van der Waals surface area contributed by atoms with E-state index in [1.165, 1.54) is 18.2 Å². The number of anilines is 1. The van der Waals surface area contributed by atoms with Crippen molar-refractivity contribution >= 4 is 5.69 Å². The summed E-state index contributed by atoms with van der Waals surface area (Å²) in [5, 5.41) is 0. The van der Waals surface area contributed by atoms with Crippen LogP contribution in [0.25, 0.3) is 0 Å². The third kappa shape index (κ3) is 2.50. The maximum absolute atomic E-state index is 12.9. The van der Waals surface area contributed by atoms with Gasteiger partial charge in [-0.15, -0.1) is 0 Å². The second kappa shape index (κ2) is 4.37. The Labute approximate surface area is 95.4 Å². The molecule has 2 rings (SSSR count). The molecule has 5 heteroatoms. The second-order valence-electron chi connectivity index (χ2n) is 3.36. The van der Waals surface area contributed by atoms with Gasteiger partial charge in [-0.3, -0.25) is 0 Å². The van der Waals surface area contributed by atoms with Gasteiger partial charge in [-0.05, 0) is 24.3 Å². The number of nitrogens with two attached hydrogens (primary N) is 1. The highest BCUT2D eigenvalue weighted by Crippen LogP contribution is 2.28. The van der Waals surface area contributed by atoms with Gasteiger partial charge < -0.3 is 10.5 Å². The highest BCUT2D eigenvalue weighted by Gasteiger charge is 2.07. The largest absolute Gasteiger partial charge is 0.455 e. The van der Waals surface area contributed by atoms with Crippen LogP contribution in [0.15, 0.2) is 36.4 Å². The maximum Gasteiger partial charge on any atom is 0.162 e. The van der Waals surface area contributed by atoms with E-state index in [0.29, 0.717) is 0 Å². The molecule has 0 saturated carbocycles. The predicted octanol–water partition coefficient (Wildman–Crippen LogP) is 3.48. The summed E-state index contributed by atoms with van der Waals surface area (Å²) in [5.41, 5.74) is 5.75. The minimum Gasteiger partial charge on any atom is -0.455 e. The molecular weight excluding hydrogens is 231 g/mol. The van der Waals surface area contributed by atoms with Crippen LogP contribution < -0.4 is 10.5 Å². The van der Waals surface area contributed by atoms with E-state index in [9.17, 15) is 13.2 Å². The van der Waals surface area contributed by atoms with E-state index in [1.807, 2.05) is 0 Å². The molecule has 0 spiro atoms. The third-order valence-corrected chi connectivity index (χ3v) is 2.09. The molecule has 0 unspecified atom stereocenters. The van der Waals surface area contributed by atoms with Gasteiger partial charge in [0.2, 0.25) is 0 Å². The van der Waals surface area contributed by atoms with Crippen LogP contribution in [-0.2, 0) is 0 Å². The lowest BCUT2D eigenvalue weighted by molar-refractivity contribution is 0.460. The summed E-state index contributed by atoms with van der Waals surface area (Å²) in [5.74, 6) is -2.46. The van der Waals surface area contributed by atoms with Gasteiger partial charge in [0.1, 0.15) is 11.6 Å². The highest BCUT2D eigenvalue weighted by molar-refractivity contribution is 5.53. The third-order valence-electron chi connectivity index (χ3n) is 2.09. The van der Waals surface area contributed by atoms with Crippen LogP contribution in [0.3, 0.4) is 0 Å². The number of halogens is 3. The Bertz CT molecular complexity index is 557. The lowest BCUT2D eigenvalue weighted by atomic mass is 10.3. The molecule has 2 aromatic rings. The normalized spacial score (nSPS) is 10.3. The van der Waals surface area contributed by atoms with Crippen LogP contribution in [-0.4, -0.2) is 0 Å². The van der Waals surface area contributed by atoms with Crippen molar-refractivity contribution in [2.24, 2.45) is 0 Å². The van der Waals surface area contributed by atoms with E-state index in [0.717, 1.165) is 18.2 Å². The van der Waals surface area contributed by atoms with Crippen molar-refractivity contribution in [3.05, 3.63) is 53.8 Å². The van der Waals surface area contributed by atoms with Crippen molar-refractivity contribution in [1.29, 1.82) is 0 Å². The molecule has 2 aromatic carbocycles. The van der Waals surface area contributed by atoms with Crippen molar-refractivity contribution in [2.45, 2.75) is 0 Å². The van der Waals surface area contributed by atoms with Crippen LogP contribution in [0.2, 0.25) is 0 Å². The van der Waals surface area contributed by atoms with Crippen molar-refractivity contribution in [3.8, 4) is 11.5 Å². The summed E-state index contributed by atoms with van der Waals surface area (Å²) in [4.78, 5) is 0. The highest BCUT2D eigenvalue weighted by atomic mass is 19.2. The molecule has 0 radical (unpaired) electrons. The van der Waals surface area contributed by atoms with E-state index in [1.54, 1.807) is 0 Å².